The predicted molar refractivity (Wildman–Crippen MR) is 68.1 cm³/mol. The molecule has 0 aliphatic rings. The van der Waals surface area contributed by atoms with E-state index in [1.165, 1.54) is 11.1 Å². The smallest absolute Gasteiger partial charge is 0.119 e. The minimum absolute atomic E-state index is 0.691. The quantitative estimate of drug-likeness (QED) is 0.760. The Morgan fingerprint density at radius 1 is 1.20 bits per heavy atom. The number of hydrogen-bond acceptors (Lipinski definition) is 2. The Labute approximate surface area is 98.3 Å². The molecular formula is C13H20OS. The second-order valence-electron chi connectivity index (χ2n) is 4.44. The second kappa shape index (κ2) is 5.45. The highest BCUT2D eigenvalue weighted by atomic mass is 32.1. The Balaban J connectivity index is 2.63. The van der Waals surface area contributed by atoms with E-state index in [1.807, 2.05) is 0 Å². The lowest BCUT2D eigenvalue weighted by molar-refractivity contribution is 0.289. The van der Waals surface area contributed by atoms with Crippen LogP contribution >= 0.6 is 12.6 Å². The molecule has 0 spiro atoms. The average molecular weight is 224 g/mol. The Kier molecular flexibility index (Phi) is 4.52. The lowest BCUT2D eigenvalue weighted by atomic mass is 10.1. The largest absolute Gasteiger partial charge is 0.494 e. The van der Waals surface area contributed by atoms with Crippen molar-refractivity contribution in [2.75, 3.05) is 6.61 Å². The summed E-state index contributed by atoms with van der Waals surface area (Å²) in [5, 5.41) is 0. The highest BCUT2D eigenvalue weighted by Crippen LogP contribution is 2.24. The van der Waals surface area contributed by atoms with Crippen LogP contribution in [0.4, 0.5) is 0 Å². The van der Waals surface area contributed by atoms with Gasteiger partial charge in [0.15, 0.2) is 0 Å². The van der Waals surface area contributed by atoms with Crippen LogP contribution in [0.3, 0.4) is 0 Å². The van der Waals surface area contributed by atoms with Crippen LogP contribution < -0.4 is 4.74 Å². The van der Waals surface area contributed by atoms with Crippen molar-refractivity contribution in [1.82, 2.24) is 0 Å². The van der Waals surface area contributed by atoms with Gasteiger partial charge in [-0.05, 0) is 49.4 Å². The molecule has 0 aliphatic heterocycles. The molecule has 0 radical (unpaired) electrons. The van der Waals surface area contributed by atoms with Crippen molar-refractivity contribution in [3.63, 3.8) is 0 Å². The maximum Gasteiger partial charge on any atom is 0.119 e. The minimum atomic E-state index is 0.691. The van der Waals surface area contributed by atoms with Crippen LogP contribution in [-0.2, 0) is 0 Å². The van der Waals surface area contributed by atoms with Crippen molar-refractivity contribution >= 4 is 12.6 Å². The van der Waals surface area contributed by atoms with E-state index in [0.29, 0.717) is 5.92 Å². The molecule has 1 rings (SSSR count). The molecule has 0 amide bonds. The van der Waals surface area contributed by atoms with Gasteiger partial charge in [-0.1, -0.05) is 13.8 Å². The third kappa shape index (κ3) is 3.78. The third-order valence-corrected chi connectivity index (χ3v) is 3.13. The number of hydrogen-bond donors (Lipinski definition) is 1. The van der Waals surface area contributed by atoms with E-state index in [-0.39, 0.29) is 0 Å². The Morgan fingerprint density at radius 3 is 2.20 bits per heavy atom. The van der Waals surface area contributed by atoms with Crippen molar-refractivity contribution in [2.45, 2.75) is 39.0 Å². The Bertz CT molecular complexity index is 308. The summed E-state index contributed by atoms with van der Waals surface area (Å²) in [4.78, 5) is 1.06. The van der Waals surface area contributed by atoms with Crippen molar-refractivity contribution in [1.29, 1.82) is 0 Å². The van der Waals surface area contributed by atoms with Crippen molar-refractivity contribution in [3.8, 4) is 5.75 Å². The van der Waals surface area contributed by atoms with Crippen LogP contribution in [-0.4, -0.2) is 6.61 Å². The molecule has 0 fully saturated rings. The summed E-state index contributed by atoms with van der Waals surface area (Å²) in [5.41, 5.74) is 2.36. The lowest BCUT2D eigenvalue weighted by Crippen LogP contribution is -2.02. The topological polar surface area (TPSA) is 9.23 Å². The normalized spacial score (nSPS) is 10.8. The van der Waals surface area contributed by atoms with E-state index < -0.39 is 0 Å². The van der Waals surface area contributed by atoms with Gasteiger partial charge in [0.2, 0.25) is 0 Å². The first-order chi connectivity index (χ1) is 7.00. The number of thiol groups is 1. The standard InChI is InChI=1S/C13H20OS/c1-9(2)5-6-14-12-7-10(3)13(15)11(4)8-12/h7-9,15H,5-6H2,1-4H3. The van der Waals surface area contributed by atoms with Gasteiger partial charge in [-0.15, -0.1) is 12.6 Å². The van der Waals surface area contributed by atoms with Crippen LogP contribution in [0.15, 0.2) is 17.0 Å². The van der Waals surface area contributed by atoms with Crippen LogP contribution in [0.2, 0.25) is 0 Å². The SMILES string of the molecule is Cc1cc(OCCC(C)C)cc(C)c1S. The molecule has 0 aliphatic carbocycles. The first-order valence-corrected chi connectivity index (χ1v) is 5.88. The summed E-state index contributed by atoms with van der Waals surface area (Å²) in [6.45, 7) is 9.32. The van der Waals surface area contributed by atoms with Gasteiger partial charge in [0.05, 0.1) is 6.61 Å². The molecule has 0 heterocycles. The van der Waals surface area contributed by atoms with Gasteiger partial charge >= 0.3 is 0 Å². The van der Waals surface area contributed by atoms with Gasteiger partial charge in [0.1, 0.15) is 5.75 Å². The molecule has 0 bridgehead atoms. The van der Waals surface area contributed by atoms with E-state index in [9.17, 15) is 0 Å². The molecule has 1 aromatic rings. The highest BCUT2D eigenvalue weighted by Gasteiger charge is 2.02. The van der Waals surface area contributed by atoms with Crippen LogP contribution in [0.1, 0.15) is 31.4 Å². The number of rotatable bonds is 4. The maximum absolute atomic E-state index is 5.70. The summed E-state index contributed by atoms with van der Waals surface area (Å²) in [6.07, 6.45) is 1.10. The van der Waals surface area contributed by atoms with Crippen LogP contribution in [0.25, 0.3) is 0 Å². The predicted octanol–water partition coefficient (Wildman–Crippen LogP) is 4.02. The maximum atomic E-state index is 5.70. The molecule has 0 saturated carbocycles. The van der Waals surface area contributed by atoms with Crippen LogP contribution in [0, 0.1) is 19.8 Å². The third-order valence-electron chi connectivity index (χ3n) is 2.43. The van der Waals surface area contributed by atoms with Crippen molar-refractivity contribution < 1.29 is 4.74 Å². The van der Waals surface area contributed by atoms with E-state index in [0.717, 1.165) is 23.7 Å². The van der Waals surface area contributed by atoms with Crippen molar-refractivity contribution in [2.24, 2.45) is 5.92 Å². The van der Waals surface area contributed by atoms with Gasteiger partial charge in [0, 0.05) is 4.90 Å². The van der Waals surface area contributed by atoms with Gasteiger partial charge in [-0.25, -0.2) is 0 Å². The average Bonchev–Trinajstić information content (AvgIpc) is 2.13. The minimum Gasteiger partial charge on any atom is -0.494 e. The molecule has 2 heteroatoms. The fourth-order valence-electron chi connectivity index (χ4n) is 1.41. The number of aryl methyl sites for hydroxylation is 2. The highest BCUT2D eigenvalue weighted by molar-refractivity contribution is 7.80. The van der Waals surface area contributed by atoms with E-state index >= 15 is 0 Å². The Morgan fingerprint density at radius 2 is 1.73 bits per heavy atom. The Hall–Kier alpha value is -0.630. The summed E-state index contributed by atoms with van der Waals surface area (Å²) in [6, 6.07) is 4.10. The molecule has 0 unspecified atom stereocenters. The number of ether oxygens (including phenoxy) is 1. The molecule has 0 aromatic heterocycles. The van der Waals surface area contributed by atoms with E-state index in [4.69, 9.17) is 4.74 Å². The summed E-state index contributed by atoms with van der Waals surface area (Å²) >= 11 is 4.43. The first-order valence-electron chi connectivity index (χ1n) is 5.43. The molecule has 1 aromatic carbocycles. The zero-order chi connectivity index (χ0) is 11.4. The summed E-state index contributed by atoms with van der Waals surface area (Å²) < 4.78 is 5.70. The lowest BCUT2D eigenvalue weighted by Gasteiger charge is -2.11. The van der Waals surface area contributed by atoms with E-state index in [1.54, 1.807) is 0 Å². The molecule has 0 atom stereocenters. The summed E-state index contributed by atoms with van der Waals surface area (Å²) in [5.74, 6) is 1.65. The monoisotopic (exact) mass is 224 g/mol. The van der Waals surface area contributed by atoms with Gasteiger partial charge in [0.25, 0.3) is 0 Å². The zero-order valence-electron chi connectivity index (χ0n) is 10.0. The molecule has 15 heavy (non-hydrogen) atoms. The second-order valence-corrected chi connectivity index (χ2v) is 4.88. The van der Waals surface area contributed by atoms with Gasteiger partial charge in [-0.3, -0.25) is 0 Å². The fourth-order valence-corrected chi connectivity index (χ4v) is 1.54. The summed E-state index contributed by atoms with van der Waals surface area (Å²) in [7, 11) is 0. The van der Waals surface area contributed by atoms with E-state index in [2.05, 4.69) is 52.5 Å². The van der Waals surface area contributed by atoms with Crippen molar-refractivity contribution in [3.05, 3.63) is 23.3 Å². The first kappa shape index (κ1) is 12.4. The molecule has 1 nitrogen and oxygen atoms in total. The number of benzene rings is 1. The fraction of sp³-hybridized carbons (Fsp3) is 0.538. The van der Waals surface area contributed by atoms with Gasteiger partial charge in [-0.2, -0.15) is 0 Å². The molecule has 0 saturated heterocycles. The molecule has 84 valence electrons. The van der Waals surface area contributed by atoms with Gasteiger partial charge < -0.3 is 4.74 Å². The molecular weight excluding hydrogens is 204 g/mol. The van der Waals surface area contributed by atoms with Crippen LogP contribution in [0.5, 0.6) is 5.75 Å². The zero-order valence-corrected chi connectivity index (χ0v) is 10.9. The molecule has 0 N–H and O–H groups in total.